The molecule has 254 valence electrons. The van der Waals surface area contributed by atoms with Gasteiger partial charge in [0.15, 0.2) is 5.92 Å². The Morgan fingerprint density at radius 2 is 1.40 bits per heavy atom. The van der Waals surface area contributed by atoms with Gasteiger partial charge in [0.05, 0.1) is 49.1 Å². The summed E-state index contributed by atoms with van der Waals surface area (Å²) in [5, 5.41) is 6.59. The Morgan fingerprint density at radius 1 is 0.792 bits per heavy atom. The van der Waals surface area contributed by atoms with Crippen molar-refractivity contribution in [1.82, 2.24) is 10.1 Å². The van der Waals surface area contributed by atoms with Crippen molar-refractivity contribution in [3.63, 3.8) is 0 Å². The van der Waals surface area contributed by atoms with Crippen LogP contribution in [-0.2, 0) is 39.9 Å². The van der Waals surface area contributed by atoms with Crippen LogP contribution in [0.1, 0.15) is 51.5 Å². The van der Waals surface area contributed by atoms with Gasteiger partial charge in [-0.05, 0) is 45.4 Å². The van der Waals surface area contributed by atoms with Gasteiger partial charge in [-0.3, -0.25) is 29.3 Å². The molecule has 0 aliphatic rings. The zero-order valence-corrected chi connectivity index (χ0v) is 27.3. The molecule has 48 heavy (non-hydrogen) atoms. The molecule has 15 heteroatoms. The summed E-state index contributed by atoms with van der Waals surface area (Å²) in [6.07, 6.45) is -0.964. The predicted octanol–water partition coefficient (Wildman–Crippen LogP) is 3.48. The van der Waals surface area contributed by atoms with E-state index >= 15 is 0 Å². The number of nitrogens with one attached hydrogen (secondary N) is 3. The SMILES string of the molecule is CCOC(=O)C(C(=O)Nn1c(C)c(C(=O)Nc2ccccc2)c(C(=O)OC)c1C)C(C(=O)OC)/C(C)=N/NC(=O)OCc1ccccc1. The van der Waals surface area contributed by atoms with E-state index in [1.807, 2.05) is 0 Å². The van der Waals surface area contributed by atoms with E-state index in [2.05, 4.69) is 21.3 Å². The average Bonchev–Trinajstić information content (AvgIpc) is 3.33. The molecular formula is C33H37N5O10. The Kier molecular flexibility index (Phi) is 13.0. The maximum absolute atomic E-state index is 13.9. The molecular weight excluding hydrogens is 626 g/mol. The van der Waals surface area contributed by atoms with Crippen molar-refractivity contribution in [2.24, 2.45) is 16.9 Å². The Bertz CT molecular complexity index is 1690. The van der Waals surface area contributed by atoms with Gasteiger partial charge in [0.25, 0.3) is 11.8 Å². The minimum absolute atomic E-state index is 0.0655. The molecule has 0 bridgehead atoms. The molecule has 0 spiro atoms. The van der Waals surface area contributed by atoms with E-state index in [4.69, 9.17) is 18.9 Å². The van der Waals surface area contributed by atoms with E-state index in [1.165, 1.54) is 27.7 Å². The smallest absolute Gasteiger partial charge is 0.428 e. The molecule has 0 fully saturated rings. The van der Waals surface area contributed by atoms with E-state index in [0.717, 1.165) is 18.9 Å². The van der Waals surface area contributed by atoms with Crippen LogP contribution in [0, 0.1) is 25.7 Å². The summed E-state index contributed by atoms with van der Waals surface area (Å²) in [5.41, 5.74) is 5.58. The number of para-hydroxylation sites is 1. The van der Waals surface area contributed by atoms with E-state index in [9.17, 15) is 28.8 Å². The normalized spacial score (nSPS) is 12.2. The van der Waals surface area contributed by atoms with Gasteiger partial charge in [-0.2, -0.15) is 5.10 Å². The van der Waals surface area contributed by atoms with Gasteiger partial charge in [-0.1, -0.05) is 48.5 Å². The minimum atomic E-state index is -1.90. The van der Waals surface area contributed by atoms with Crippen molar-refractivity contribution in [2.45, 2.75) is 34.3 Å². The summed E-state index contributed by atoms with van der Waals surface area (Å²) in [5.74, 6) is -8.32. The summed E-state index contributed by atoms with van der Waals surface area (Å²) < 4.78 is 21.2. The van der Waals surface area contributed by atoms with Gasteiger partial charge in [0.1, 0.15) is 12.5 Å². The van der Waals surface area contributed by atoms with Gasteiger partial charge in [0, 0.05) is 5.69 Å². The first kappa shape index (κ1) is 36.5. The van der Waals surface area contributed by atoms with Gasteiger partial charge in [-0.15, -0.1) is 0 Å². The molecule has 0 radical (unpaired) electrons. The molecule has 1 heterocycles. The van der Waals surface area contributed by atoms with Crippen molar-refractivity contribution in [3.05, 3.63) is 88.7 Å². The molecule has 0 aliphatic heterocycles. The van der Waals surface area contributed by atoms with Gasteiger partial charge >= 0.3 is 24.0 Å². The van der Waals surface area contributed by atoms with Crippen LogP contribution in [0.25, 0.3) is 0 Å². The second kappa shape index (κ2) is 17.1. The molecule has 3 amide bonds. The second-order valence-corrected chi connectivity index (χ2v) is 10.2. The molecule has 0 aliphatic carbocycles. The number of aromatic nitrogens is 1. The number of hydrogen-bond acceptors (Lipinski definition) is 11. The molecule has 2 aromatic carbocycles. The lowest BCUT2D eigenvalue weighted by Crippen LogP contribution is -2.46. The van der Waals surface area contributed by atoms with Gasteiger partial charge in [0.2, 0.25) is 0 Å². The minimum Gasteiger partial charge on any atom is -0.468 e. The lowest BCUT2D eigenvalue weighted by atomic mass is 9.87. The Labute approximate surface area is 276 Å². The summed E-state index contributed by atoms with van der Waals surface area (Å²) in [7, 11) is 2.18. The highest BCUT2D eigenvalue weighted by Gasteiger charge is 2.44. The third kappa shape index (κ3) is 8.84. The molecule has 2 unspecified atom stereocenters. The average molecular weight is 664 g/mol. The number of hydrogen-bond donors (Lipinski definition) is 3. The van der Waals surface area contributed by atoms with Crippen LogP contribution >= 0.6 is 0 Å². The molecule has 3 N–H and O–H groups in total. The molecule has 3 aromatic rings. The van der Waals surface area contributed by atoms with Gasteiger partial charge in [-0.25, -0.2) is 15.0 Å². The summed E-state index contributed by atoms with van der Waals surface area (Å²) in [6, 6.07) is 17.3. The zero-order chi connectivity index (χ0) is 35.4. The summed E-state index contributed by atoms with van der Waals surface area (Å²) >= 11 is 0. The molecule has 3 rings (SSSR count). The van der Waals surface area contributed by atoms with Crippen LogP contribution in [0.2, 0.25) is 0 Å². The Morgan fingerprint density at radius 3 is 1.98 bits per heavy atom. The highest BCUT2D eigenvalue weighted by Crippen LogP contribution is 2.26. The Balaban J connectivity index is 1.97. The number of anilines is 1. The number of amides is 3. The molecule has 0 saturated carbocycles. The first-order valence-electron chi connectivity index (χ1n) is 14.7. The van der Waals surface area contributed by atoms with Crippen LogP contribution in [0.5, 0.6) is 0 Å². The van der Waals surface area contributed by atoms with Crippen molar-refractivity contribution in [1.29, 1.82) is 0 Å². The fourth-order valence-electron chi connectivity index (χ4n) is 4.79. The fourth-order valence-corrected chi connectivity index (χ4v) is 4.79. The highest BCUT2D eigenvalue weighted by molar-refractivity contribution is 6.15. The monoisotopic (exact) mass is 663 g/mol. The standard InChI is InChI=1S/C33H37N5O10/c1-7-47-32(43)27(24(30(41)45-5)19(2)35-36-33(44)48-18-22-14-10-8-11-15-22)29(40)37-38-20(3)25(26(21(38)4)31(42)46-6)28(39)34-23-16-12-9-13-17-23/h8-17,24,27H,7,18H2,1-6H3,(H,34,39)(H,36,44)(H,37,40)/b35-19+. The van der Waals surface area contributed by atoms with Crippen molar-refractivity contribution >= 4 is 47.2 Å². The number of benzene rings is 2. The number of methoxy groups -OCH3 is 2. The third-order valence-corrected chi connectivity index (χ3v) is 7.11. The predicted molar refractivity (Wildman–Crippen MR) is 173 cm³/mol. The first-order valence-corrected chi connectivity index (χ1v) is 14.7. The third-order valence-electron chi connectivity index (χ3n) is 7.11. The maximum Gasteiger partial charge on any atom is 0.428 e. The number of carbonyl (C=O) groups excluding carboxylic acids is 6. The van der Waals surface area contributed by atoms with Crippen molar-refractivity contribution in [2.75, 3.05) is 31.6 Å². The van der Waals surface area contributed by atoms with Crippen LogP contribution in [-0.4, -0.2) is 67.0 Å². The number of nitrogens with zero attached hydrogens (tertiary/aromatic N) is 2. The van der Waals surface area contributed by atoms with Crippen molar-refractivity contribution in [3.8, 4) is 0 Å². The number of carbonyl (C=O) groups is 6. The lowest BCUT2D eigenvalue weighted by Gasteiger charge is -2.24. The first-order chi connectivity index (χ1) is 22.9. The summed E-state index contributed by atoms with van der Waals surface area (Å²) in [6.45, 7) is 5.51. The Hall–Kier alpha value is -5.99. The van der Waals surface area contributed by atoms with Crippen LogP contribution in [0.15, 0.2) is 65.8 Å². The number of rotatable bonds is 13. The highest BCUT2D eigenvalue weighted by atomic mass is 16.6. The maximum atomic E-state index is 13.9. The van der Waals surface area contributed by atoms with E-state index in [1.54, 1.807) is 60.7 Å². The number of hydrazone groups is 1. The van der Waals surface area contributed by atoms with E-state index in [-0.39, 0.29) is 41.4 Å². The quantitative estimate of drug-likeness (QED) is 0.0802. The largest absolute Gasteiger partial charge is 0.468 e. The van der Waals surface area contributed by atoms with Crippen LogP contribution < -0.4 is 16.2 Å². The number of esters is 3. The molecule has 0 saturated heterocycles. The van der Waals surface area contributed by atoms with Crippen molar-refractivity contribution < 1.29 is 47.7 Å². The molecule has 2 atom stereocenters. The lowest BCUT2D eigenvalue weighted by molar-refractivity contribution is -0.159. The van der Waals surface area contributed by atoms with Crippen LogP contribution in [0.3, 0.4) is 0 Å². The topological polar surface area (TPSA) is 193 Å². The molecule has 15 nitrogen and oxygen atoms in total. The van der Waals surface area contributed by atoms with E-state index < -0.39 is 47.7 Å². The molecule has 1 aromatic heterocycles. The fraction of sp³-hybridized carbons (Fsp3) is 0.303. The number of ether oxygens (including phenoxy) is 4. The van der Waals surface area contributed by atoms with E-state index in [0.29, 0.717) is 11.3 Å². The summed E-state index contributed by atoms with van der Waals surface area (Å²) in [4.78, 5) is 78.7. The zero-order valence-electron chi connectivity index (χ0n) is 27.3. The second-order valence-electron chi connectivity index (χ2n) is 10.2. The van der Waals surface area contributed by atoms with Crippen LogP contribution in [0.4, 0.5) is 10.5 Å². The van der Waals surface area contributed by atoms with Gasteiger partial charge < -0.3 is 24.3 Å².